The number of hydrogen-bond donors (Lipinski definition) is 0. The van der Waals surface area contributed by atoms with Gasteiger partial charge in [-0.25, -0.2) is 0 Å². The fraction of sp³-hybridized carbons (Fsp3) is 0.0492. The maximum atomic E-state index is 6.93. The summed E-state index contributed by atoms with van der Waals surface area (Å²) in [7, 11) is 0. The van der Waals surface area contributed by atoms with Crippen molar-refractivity contribution in [2.24, 2.45) is 0 Å². The van der Waals surface area contributed by atoms with E-state index in [1.807, 2.05) is 0 Å². The van der Waals surface area contributed by atoms with Crippen LogP contribution in [0.1, 0.15) is 25.0 Å². The first-order valence-electron chi connectivity index (χ1n) is 21.8. The first kappa shape index (κ1) is 36.9. The maximum absolute atomic E-state index is 6.93. The molecule has 63 heavy (non-hydrogen) atoms. The summed E-state index contributed by atoms with van der Waals surface area (Å²) in [5.41, 5.74) is 20.1. The summed E-state index contributed by atoms with van der Waals surface area (Å²) in [5.74, 6) is 1.71. The van der Waals surface area contributed by atoms with Gasteiger partial charge in [0.25, 0.3) is 0 Å². The van der Waals surface area contributed by atoms with E-state index in [4.69, 9.17) is 4.74 Å². The molecule has 10 aromatic rings. The van der Waals surface area contributed by atoms with Crippen molar-refractivity contribution in [1.82, 2.24) is 0 Å². The zero-order valence-electron chi connectivity index (χ0n) is 35.2. The molecule has 0 amide bonds. The second kappa shape index (κ2) is 14.6. The Labute approximate surface area is 369 Å². The molecule has 2 nitrogen and oxygen atoms in total. The van der Waals surface area contributed by atoms with Crippen LogP contribution in [0.4, 0.5) is 17.1 Å². The van der Waals surface area contributed by atoms with Crippen LogP contribution < -0.4 is 9.64 Å². The van der Waals surface area contributed by atoms with Crippen LogP contribution in [0.5, 0.6) is 11.5 Å². The van der Waals surface area contributed by atoms with Crippen molar-refractivity contribution in [3.05, 3.63) is 236 Å². The van der Waals surface area contributed by atoms with Crippen LogP contribution in [0.25, 0.3) is 77.5 Å². The summed E-state index contributed by atoms with van der Waals surface area (Å²) < 4.78 is 6.93. The van der Waals surface area contributed by atoms with Crippen LogP contribution in [-0.2, 0) is 5.41 Å². The molecule has 2 aliphatic rings. The van der Waals surface area contributed by atoms with E-state index >= 15 is 0 Å². The van der Waals surface area contributed by atoms with Gasteiger partial charge in [0.1, 0.15) is 11.5 Å². The van der Waals surface area contributed by atoms with Gasteiger partial charge < -0.3 is 9.64 Å². The van der Waals surface area contributed by atoms with Crippen molar-refractivity contribution >= 4 is 27.8 Å². The van der Waals surface area contributed by atoms with Crippen LogP contribution >= 0.6 is 0 Å². The topological polar surface area (TPSA) is 12.5 Å². The second-order valence-electron chi connectivity index (χ2n) is 17.3. The van der Waals surface area contributed by atoms with Gasteiger partial charge in [-0.1, -0.05) is 184 Å². The third-order valence-corrected chi connectivity index (χ3v) is 13.3. The highest BCUT2D eigenvalue weighted by Crippen LogP contribution is 2.54. The van der Waals surface area contributed by atoms with Crippen LogP contribution in [0.2, 0.25) is 0 Å². The summed E-state index contributed by atoms with van der Waals surface area (Å²) in [6, 6.07) is 81.5. The lowest BCUT2D eigenvalue weighted by Gasteiger charge is -2.28. The average molecular weight is 806 g/mol. The second-order valence-corrected chi connectivity index (χ2v) is 17.3. The van der Waals surface area contributed by atoms with Gasteiger partial charge in [-0.3, -0.25) is 0 Å². The fourth-order valence-corrected chi connectivity index (χ4v) is 10.1. The zero-order valence-corrected chi connectivity index (χ0v) is 35.2. The number of ether oxygens (including phenoxy) is 1. The molecule has 0 atom stereocenters. The molecule has 10 aromatic carbocycles. The predicted molar refractivity (Wildman–Crippen MR) is 263 cm³/mol. The minimum Gasteiger partial charge on any atom is -0.456 e. The van der Waals surface area contributed by atoms with Gasteiger partial charge in [0.05, 0.1) is 0 Å². The van der Waals surface area contributed by atoms with Gasteiger partial charge in [-0.2, -0.15) is 0 Å². The number of hydrogen-bond acceptors (Lipinski definition) is 2. The Hall–Kier alpha value is -7.94. The molecule has 0 fully saturated rings. The average Bonchev–Trinajstić information content (AvgIpc) is 3.46. The minimum absolute atomic E-state index is 0.113. The number of nitrogens with zero attached hydrogens (tertiary/aromatic N) is 1. The van der Waals surface area contributed by atoms with E-state index in [1.165, 1.54) is 60.8 Å². The third-order valence-electron chi connectivity index (χ3n) is 13.3. The van der Waals surface area contributed by atoms with Crippen molar-refractivity contribution in [1.29, 1.82) is 0 Å². The molecular weight excluding hydrogens is 763 g/mol. The maximum Gasteiger partial charge on any atom is 0.135 e. The van der Waals surface area contributed by atoms with E-state index in [1.54, 1.807) is 0 Å². The molecule has 0 unspecified atom stereocenters. The van der Waals surface area contributed by atoms with Crippen LogP contribution in [-0.4, -0.2) is 0 Å². The zero-order chi connectivity index (χ0) is 42.1. The number of benzene rings is 10. The Morgan fingerprint density at radius 1 is 0.333 bits per heavy atom. The fourth-order valence-electron chi connectivity index (χ4n) is 10.1. The van der Waals surface area contributed by atoms with Crippen LogP contribution in [0.15, 0.2) is 224 Å². The summed E-state index contributed by atoms with van der Waals surface area (Å²) in [4.78, 5) is 2.40. The summed E-state index contributed by atoms with van der Waals surface area (Å²) in [6.07, 6.45) is 0. The first-order valence-corrected chi connectivity index (χ1v) is 21.8. The Balaban J connectivity index is 0.973. The monoisotopic (exact) mass is 805 g/mol. The van der Waals surface area contributed by atoms with Crippen molar-refractivity contribution in [2.75, 3.05) is 4.90 Å². The van der Waals surface area contributed by atoms with Gasteiger partial charge in [0.15, 0.2) is 0 Å². The van der Waals surface area contributed by atoms with E-state index in [0.29, 0.717) is 0 Å². The predicted octanol–water partition coefficient (Wildman–Crippen LogP) is 17.1. The molecule has 2 heteroatoms. The van der Waals surface area contributed by atoms with Crippen LogP contribution in [0, 0.1) is 0 Å². The molecule has 1 aliphatic heterocycles. The van der Waals surface area contributed by atoms with Gasteiger partial charge in [0.2, 0.25) is 0 Å². The largest absolute Gasteiger partial charge is 0.456 e. The quantitative estimate of drug-likeness (QED) is 0.166. The highest BCUT2D eigenvalue weighted by molar-refractivity contribution is 6.09. The lowest BCUT2D eigenvalue weighted by molar-refractivity contribution is 0.488. The molecule has 298 valence electrons. The smallest absolute Gasteiger partial charge is 0.135 e. The van der Waals surface area contributed by atoms with Crippen LogP contribution in [0.3, 0.4) is 0 Å². The highest BCUT2D eigenvalue weighted by atomic mass is 16.5. The van der Waals surface area contributed by atoms with Crippen molar-refractivity contribution in [3.8, 4) is 78.3 Å². The number of rotatable bonds is 6. The third kappa shape index (κ3) is 6.09. The van der Waals surface area contributed by atoms with Gasteiger partial charge in [-0.15, -0.1) is 0 Å². The summed E-state index contributed by atoms with van der Waals surface area (Å²) in [6.45, 7) is 4.70. The van der Waals surface area contributed by atoms with E-state index in [-0.39, 0.29) is 5.41 Å². The molecule has 0 saturated carbocycles. The Bertz CT molecular complexity index is 3370. The Morgan fingerprint density at radius 2 is 0.905 bits per heavy atom. The summed E-state index contributed by atoms with van der Waals surface area (Å²) in [5, 5.41) is 2.41. The van der Waals surface area contributed by atoms with Crippen molar-refractivity contribution in [2.45, 2.75) is 19.3 Å². The van der Waals surface area contributed by atoms with E-state index in [2.05, 4.69) is 243 Å². The molecule has 1 aliphatic carbocycles. The van der Waals surface area contributed by atoms with E-state index in [9.17, 15) is 0 Å². The SMILES string of the molecule is CC1(C)c2ccccc2-c2ccc(N(c3ccc(-c4ccccc4)cc3)c3ccc(-c4ccc5c(c4)-c4c(ccc6ccccc46)-c4c(cccc4-c4ccccc4)O5)cc3)cc21. The molecule has 0 N–H and O–H groups in total. The van der Waals surface area contributed by atoms with Crippen molar-refractivity contribution < 1.29 is 4.74 Å². The molecule has 1 heterocycles. The Kier molecular flexibility index (Phi) is 8.55. The molecule has 0 bridgehead atoms. The van der Waals surface area contributed by atoms with E-state index in [0.717, 1.165) is 56.4 Å². The number of anilines is 3. The van der Waals surface area contributed by atoms with Crippen molar-refractivity contribution in [3.63, 3.8) is 0 Å². The minimum atomic E-state index is -0.113. The lowest BCUT2D eigenvalue weighted by Crippen LogP contribution is -2.16. The van der Waals surface area contributed by atoms with E-state index < -0.39 is 0 Å². The Morgan fingerprint density at radius 3 is 1.67 bits per heavy atom. The molecule has 12 rings (SSSR count). The molecule has 0 radical (unpaired) electrons. The first-order chi connectivity index (χ1) is 31.0. The standard InChI is InChI=1S/C61H43NO/c1-61(2)55-22-12-11-20-51(55)52-36-34-48(39-56(52)61)62(46-30-24-41(25-31-46)40-14-5-3-6-15-40)47-32-26-42(27-33-47)45-29-37-57-54(38-45)59-49-19-10-9-18-44(49)28-35-53(59)60-50(21-13-23-58(60)63-57)43-16-7-4-8-17-43/h3-39H,1-2H3. The van der Waals surface area contributed by atoms with Gasteiger partial charge in [-0.05, 0) is 127 Å². The molecule has 0 saturated heterocycles. The molecule has 0 spiro atoms. The lowest BCUT2D eigenvalue weighted by atomic mass is 9.82. The normalized spacial score (nSPS) is 12.9. The summed E-state index contributed by atoms with van der Waals surface area (Å²) >= 11 is 0. The van der Waals surface area contributed by atoms with Gasteiger partial charge in [0, 0.05) is 39.2 Å². The molecular formula is C61H43NO. The number of fused-ring (bicyclic) bond motifs is 10. The molecule has 0 aromatic heterocycles. The van der Waals surface area contributed by atoms with Gasteiger partial charge >= 0.3 is 0 Å². The highest BCUT2D eigenvalue weighted by Gasteiger charge is 2.36.